The molecule has 1 saturated heterocycles. The van der Waals surface area contributed by atoms with Crippen LogP contribution in [0.4, 0.5) is 11.4 Å². The van der Waals surface area contributed by atoms with E-state index >= 15 is 0 Å². The van der Waals surface area contributed by atoms with E-state index in [0.29, 0.717) is 16.8 Å². The minimum atomic E-state index is -0.506. The van der Waals surface area contributed by atoms with Crippen molar-refractivity contribution in [1.29, 1.82) is 0 Å². The summed E-state index contributed by atoms with van der Waals surface area (Å²) in [7, 11) is 0. The van der Waals surface area contributed by atoms with E-state index in [1.165, 1.54) is 0 Å². The summed E-state index contributed by atoms with van der Waals surface area (Å²) in [6, 6.07) is 12.6. The van der Waals surface area contributed by atoms with Crippen LogP contribution in [-0.4, -0.2) is 24.9 Å². The van der Waals surface area contributed by atoms with Gasteiger partial charge in [-0.05, 0) is 50.1 Å². The monoisotopic (exact) mass is 323 g/mol. The molecule has 0 bridgehead atoms. The van der Waals surface area contributed by atoms with Crippen LogP contribution < -0.4 is 16.0 Å². The van der Waals surface area contributed by atoms with Crippen LogP contribution in [0.15, 0.2) is 42.5 Å². The SMILES string of the molecule is Cc1ccc(C(=O)Nc2cc(C(N)=O)ccc2N2CCCC2)cc1. The molecule has 1 heterocycles. The van der Waals surface area contributed by atoms with E-state index in [1.807, 2.05) is 25.1 Å². The van der Waals surface area contributed by atoms with Crippen LogP contribution in [0.5, 0.6) is 0 Å². The molecule has 2 aromatic rings. The summed E-state index contributed by atoms with van der Waals surface area (Å²) in [4.78, 5) is 26.2. The standard InChI is InChI=1S/C19H21N3O2/c1-13-4-6-14(7-5-13)19(24)21-16-12-15(18(20)23)8-9-17(16)22-10-2-3-11-22/h4-9,12H,2-3,10-11H2,1H3,(H2,20,23)(H,21,24). The molecule has 0 unspecified atom stereocenters. The lowest BCUT2D eigenvalue weighted by molar-refractivity contribution is 0.0996. The quantitative estimate of drug-likeness (QED) is 0.908. The van der Waals surface area contributed by atoms with E-state index in [1.54, 1.807) is 24.3 Å². The van der Waals surface area contributed by atoms with E-state index < -0.39 is 5.91 Å². The molecule has 5 nitrogen and oxygen atoms in total. The van der Waals surface area contributed by atoms with Crippen LogP contribution in [-0.2, 0) is 0 Å². The second-order valence-corrected chi connectivity index (χ2v) is 6.11. The van der Waals surface area contributed by atoms with Gasteiger partial charge in [-0.15, -0.1) is 0 Å². The lowest BCUT2D eigenvalue weighted by Gasteiger charge is -2.22. The Bertz CT molecular complexity index is 763. The Morgan fingerprint density at radius 1 is 1.00 bits per heavy atom. The maximum atomic E-state index is 12.5. The number of nitrogens with one attached hydrogen (secondary N) is 1. The Balaban J connectivity index is 1.91. The molecule has 124 valence electrons. The van der Waals surface area contributed by atoms with Gasteiger partial charge >= 0.3 is 0 Å². The average molecular weight is 323 g/mol. The van der Waals surface area contributed by atoms with E-state index in [9.17, 15) is 9.59 Å². The van der Waals surface area contributed by atoms with Crippen molar-refractivity contribution < 1.29 is 9.59 Å². The van der Waals surface area contributed by atoms with Gasteiger partial charge in [0.2, 0.25) is 5.91 Å². The average Bonchev–Trinajstić information content (AvgIpc) is 3.09. The largest absolute Gasteiger partial charge is 0.370 e. The third-order valence-corrected chi connectivity index (χ3v) is 4.29. The summed E-state index contributed by atoms with van der Waals surface area (Å²) >= 11 is 0. The van der Waals surface area contributed by atoms with Crippen LogP contribution in [0, 0.1) is 6.92 Å². The third kappa shape index (κ3) is 3.40. The third-order valence-electron chi connectivity index (χ3n) is 4.29. The van der Waals surface area contributed by atoms with Crippen molar-refractivity contribution >= 4 is 23.2 Å². The van der Waals surface area contributed by atoms with Gasteiger partial charge in [0.05, 0.1) is 11.4 Å². The molecule has 0 radical (unpaired) electrons. The van der Waals surface area contributed by atoms with Crippen molar-refractivity contribution in [1.82, 2.24) is 0 Å². The highest BCUT2D eigenvalue weighted by molar-refractivity contribution is 6.07. The number of hydrogen-bond donors (Lipinski definition) is 2. The molecule has 2 aromatic carbocycles. The molecule has 5 heteroatoms. The minimum absolute atomic E-state index is 0.197. The highest BCUT2D eigenvalue weighted by Gasteiger charge is 2.18. The predicted molar refractivity (Wildman–Crippen MR) is 95.5 cm³/mol. The highest BCUT2D eigenvalue weighted by Crippen LogP contribution is 2.30. The van der Waals surface area contributed by atoms with Crippen molar-refractivity contribution in [3.8, 4) is 0 Å². The van der Waals surface area contributed by atoms with Gasteiger partial charge in [0.1, 0.15) is 0 Å². The first-order valence-electron chi connectivity index (χ1n) is 8.11. The van der Waals surface area contributed by atoms with Crippen LogP contribution >= 0.6 is 0 Å². The predicted octanol–water partition coefficient (Wildman–Crippen LogP) is 2.95. The van der Waals surface area contributed by atoms with Gasteiger partial charge in [-0.25, -0.2) is 0 Å². The summed E-state index contributed by atoms with van der Waals surface area (Å²) in [5.74, 6) is -0.703. The smallest absolute Gasteiger partial charge is 0.255 e. The molecular weight excluding hydrogens is 302 g/mol. The molecule has 0 saturated carbocycles. The molecular formula is C19H21N3O2. The van der Waals surface area contributed by atoms with E-state index in [4.69, 9.17) is 5.73 Å². The van der Waals surface area contributed by atoms with Gasteiger partial charge in [0.15, 0.2) is 0 Å². The van der Waals surface area contributed by atoms with Crippen molar-refractivity contribution in [2.24, 2.45) is 5.73 Å². The zero-order valence-electron chi connectivity index (χ0n) is 13.7. The fourth-order valence-corrected chi connectivity index (χ4v) is 2.92. The van der Waals surface area contributed by atoms with Crippen LogP contribution in [0.2, 0.25) is 0 Å². The summed E-state index contributed by atoms with van der Waals surface area (Å²) in [6.45, 7) is 3.87. The molecule has 24 heavy (non-hydrogen) atoms. The molecule has 1 fully saturated rings. The molecule has 0 aromatic heterocycles. The number of primary amides is 1. The number of hydrogen-bond acceptors (Lipinski definition) is 3. The second-order valence-electron chi connectivity index (χ2n) is 6.11. The number of benzene rings is 2. The molecule has 0 aliphatic carbocycles. The lowest BCUT2D eigenvalue weighted by Crippen LogP contribution is -2.22. The fourth-order valence-electron chi connectivity index (χ4n) is 2.92. The topological polar surface area (TPSA) is 75.4 Å². The zero-order valence-corrected chi connectivity index (χ0v) is 13.7. The van der Waals surface area contributed by atoms with Gasteiger partial charge < -0.3 is 16.0 Å². The number of nitrogens with two attached hydrogens (primary N) is 1. The number of carbonyl (C=O) groups excluding carboxylic acids is 2. The molecule has 0 atom stereocenters. The molecule has 0 spiro atoms. The first-order valence-corrected chi connectivity index (χ1v) is 8.11. The summed E-state index contributed by atoms with van der Waals surface area (Å²) < 4.78 is 0. The Morgan fingerprint density at radius 2 is 1.62 bits per heavy atom. The van der Waals surface area contributed by atoms with Gasteiger partial charge in [0, 0.05) is 24.2 Å². The van der Waals surface area contributed by atoms with Crippen LogP contribution in [0.25, 0.3) is 0 Å². The van der Waals surface area contributed by atoms with Crippen molar-refractivity contribution in [3.63, 3.8) is 0 Å². The number of aryl methyl sites for hydroxylation is 1. The Morgan fingerprint density at radius 3 is 2.25 bits per heavy atom. The Hall–Kier alpha value is -2.82. The summed E-state index contributed by atoms with van der Waals surface area (Å²) in [6.07, 6.45) is 2.26. The van der Waals surface area contributed by atoms with Crippen molar-refractivity contribution in [2.75, 3.05) is 23.3 Å². The summed E-state index contributed by atoms with van der Waals surface area (Å²) in [5.41, 5.74) is 9.00. The first-order chi connectivity index (χ1) is 11.5. The first kappa shape index (κ1) is 16.1. The van der Waals surface area contributed by atoms with E-state index in [2.05, 4.69) is 10.2 Å². The van der Waals surface area contributed by atoms with Gasteiger partial charge in [-0.1, -0.05) is 17.7 Å². The van der Waals surface area contributed by atoms with Gasteiger partial charge in [-0.2, -0.15) is 0 Å². The molecule has 1 aliphatic heterocycles. The van der Waals surface area contributed by atoms with Crippen LogP contribution in [0.3, 0.4) is 0 Å². The van der Waals surface area contributed by atoms with Crippen LogP contribution in [0.1, 0.15) is 39.1 Å². The second kappa shape index (κ2) is 6.74. The number of nitrogens with zero attached hydrogens (tertiary/aromatic N) is 1. The summed E-state index contributed by atoms with van der Waals surface area (Å²) in [5, 5.41) is 2.93. The van der Waals surface area contributed by atoms with Crippen molar-refractivity contribution in [3.05, 3.63) is 59.2 Å². The Kier molecular flexibility index (Phi) is 4.51. The number of anilines is 2. The fraction of sp³-hybridized carbons (Fsp3) is 0.263. The van der Waals surface area contributed by atoms with E-state index in [-0.39, 0.29) is 5.91 Å². The number of amides is 2. The number of carbonyl (C=O) groups is 2. The normalized spacial score (nSPS) is 13.8. The van der Waals surface area contributed by atoms with Gasteiger partial charge in [-0.3, -0.25) is 9.59 Å². The minimum Gasteiger partial charge on any atom is -0.370 e. The maximum absolute atomic E-state index is 12.5. The zero-order chi connectivity index (χ0) is 17.1. The van der Waals surface area contributed by atoms with Gasteiger partial charge in [0.25, 0.3) is 5.91 Å². The number of rotatable bonds is 4. The lowest BCUT2D eigenvalue weighted by atomic mass is 10.1. The van der Waals surface area contributed by atoms with E-state index in [0.717, 1.165) is 37.2 Å². The molecule has 2 amide bonds. The van der Waals surface area contributed by atoms with Crippen molar-refractivity contribution in [2.45, 2.75) is 19.8 Å². The Labute approximate surface area is 141 Å². The maximum Gasteiger partial charge on any atom is 0.255 e. The highest BCUT2D eigenvalue weighted by atomic mass is 16.2. The molecule has 1 aliphatic rings. The molecule has 3 rings (SSSR count). The molecule has 3 N–H and O–H groups in total.